The molecule has 1 amide bonds. The average Bonchev–Trinajstić information content (AvgIpc) is 3.05. The predicted octanol–water partition coefficient (Wildman–Crippen LogP) is 0.530. The number of hydrogen-bond acceptors (Lipinski definition) is 4. The van der Waals surface area contributed by atoms with Crippen LogP contribution in [0.4, 0.5) is 0 Å². The molecule has 2 atom stereocenters. The van der Waals surface area contributed by atoms with Crippen LogP contribution < -0.4 is 11.5 Å². The Kier molecular flexibility index (Phi) is 5.41. The van der Waals surface area contributed by atoms with Crippen LogP contribution in [0.5, 0.6) is 0 Å². The molecule has 2 aliphatic rings. The van der Waals surface area contributed by atoms with E-state index in [9.17, 15) is 4.79 Å². The topological polar surface area (TPSA) is 75.6 Å². The van der Waals surface area contributed by atoms with Crippen molar-refractivity contribution >= 4 is 5.91 Å². The monoisotopic (exact) mass is 282 g/mol. The fraction of sp³-hybridized carbons (Fsp3) is 0.933. The quantitative estimate of drug-likeness (QED) is 0.668. The van der Waals surface area contributed by atoms with Crippen LogP contribution in [0.25, 0.3) is 0 Å². The third-order valence-corrected chi connectivity index (χ3v) is 4.89. The highest BCUT2D eigenvalue weighted by Crippen LogP contribution is 2.21. The molecule has 4 N–H and O–H groups in total. The van der Waals surface area contributed by atoms with E-state index in [1.807, 2.05) is 0 Å². The summed E-state index contributed by atoms with van der Waals surface area (Å²) in [5, 5.41) is 0. The lowest BCUT2D eigenvalue weighted by Crippen LogP contribution is -2.49. The summed E-state index contributed by atoms with van der Waals surface area (Å²) >= 11 is 0. The largest absolute Gasteiger partial charge is 0.368 e. The first-order valence-electron chi connectivity index (χ1n) is 8.04. The second-order valence-corrected chi connectivity index (χ2v) is 6.73. The Morgan fingerprint density at radius 2 is 1.95 bits per heavy atom. The van der Waals surface area contributed by atoms with E-state index >= 15 is 0 Å². The summed E-state index contributed by atoms with van der Waals surface area (Å²) in [7, 11) is 0. The van der Waals surface area contributed by atoms with E-state index in [1.54, 1.807) is 6.92 Å². The van der Waals surface area contributed by atoms with Crippen LogP contribution in [0.2, 0.25) is 0 Å². The van der Waals surface area contributed by atoms with Gasteiger partial charge in [-0.1, -0.05) is 0 Å². The standard InChI is InChI=1S/C15H30N4O/c1-15(17,14(16)20)7-2-3-8-18-11-6-13(12-18)19-9-4-5-10-19/h13H,2-12,17H2,1H3,(H2,16,20). The minimum Gasteiger partial charge on any atom is -0.368 e. The van der Waals surface area contributed by atoms with Gasteiger partial charge in [-0.2, -0.15) is 0 Å². The van der Waals surface area contributed by atoms with Gasteiger partial charge < -0.3 is 16.4 Å². The molecule has 0 radical (unpaired) electrons. The minimum absolute atomic E-state index is 0.396. The number of primary amides is 1. The van der Waals surface area contributed by atoms with Crippen molar-refractivity contribution in [2.24, 2.45) is 11.5 Å². The van der Waals surface area contributed by atoms with Crippen LogP contribution >= 0.6 is 0 Å². The Balaban J connectivity index is 1.60. The molecule has 2 heterocycles. The molecule has 0 spiro atoms. The summed E-state index contributed by atoms with van der Waals surface area (Å²) < 4.78 is 0. The third kappa shape index (κ3) is 4.17. The smallest absolute Gasteiger partial charge is 0.237 e. The van der Waals surface area contributed by atoms with E-state index in [2.05, 4.69) is 9.80 Å². The van der Waals surface area contributed by atoms with Gasteiger partial charge in [0.05, 0.1) is 5.54 Å². The van der Waals surface area contributed by atoms with Gasteiger partial charge in [0.25, 0.3) is 0 Å². The molecule has 5 heteroatoms. The maximum absolute atomic E-state index is 11.1. The van der Waals surface area contributed by atoms with Gasteiger partial charge >= 0.3 is 0 Å². The molecule has 0 bridgehead atoms. The molecule has 20 heavy (non-hydrogen) atoms. The van der Waals surface area contributed by atoms with Crippen molar-refractivity contribution in [1.29, 1.82) is 0 Å². The number of carbonyl (C=O) groups excluding carboxylic acids is 1. The van der Waals surface area contributed by atoms with Crippen LogP contribution in [-0.4, -0.2) is 60.0 Å². The molecular weight excluding hydrogens is 252 g/mol. The number of nitrogens with zero attached hydrogens (tertiary/aromatic N) is 2. The van der Waals surface area contributed by atoms with Crippen LogP contribution in [0.15, 0.2) is 0 Å². The summed E-state index contributed by atoms with van der Waals surface area (Å²) in [4.78, 5) is 16.4. The molecule has 2 saturated heterocycles. The molecule has 2 fully saturated rings. The van der Waals surface area contributed by atoms with Gasteiger partial charge in [0.15, 0.2) is 0 Å². The van der Waals surface area contributed by atoms with Crippen molar-refractivity contribution in [3.63, 3.8) is 0 Å². The normalized spacial score (nSPS) is 27.8. The van der Waals surface area contributed by atoms with Crippen molar-refractivity contribution in [3.05, 3.63) is 0 Å². The molecule has 0 aliphatic carbocycles. The molecule has 2 unspecified atom stereocenters. The Hall–Kier alpha value is -0.650. The van der Waals surface area contributed by atoms with Gasteiger partial charge in [0.2, 0.25) is 5.91 Å². The summed E-state index contributed by atoms with van der Waals surface area (Å²) in [5.74, 6) is -0.396. The number of hydrogen-bond donors (Lipinski definition) is 2. The fourth-order valence-corrected chi connectivity index (χ4v) is 3.37. The van der Waals surface area contributed by atoms with E-state index < -0.39 is 11.4 Å². The predicted molar refractivity (Wildman–Crippen MR) is 81.3 cm³/mol. The fourth-order valence-electron chi connectivity index (χ4n) is 3.37. The number of rotatable bonds is 7. The Labute approximate surface area is 122 Å². The molecule has 5 nitrogen and oxygen atoms in total. The second-order valence-electron chi connectivity index (χ2n) is 6.73. The van der Waals surface area contributed by atoms with Gasteiger partial charge in [-0.3, -0.25) is 9.69 Å². The second kappa shape index (κ2) is 6.87. The number of likely N-dealkylation sites (tertiary alicyclic amines) is 2. The van der Waals surface area contributed by atoms with Gasteiger partial charge in [-0.15, -0.1) is 0 Å². The SMILES string of the molecule is CC(N)(CCCCN1CCC(N2CCCC2)C1)C(N)=O. The lowest BCUT2D eigenvalue weighted by atomic mass is 9.95. The van der Waals surface area contributed by atoms with E-state index in [-0.39, 0.29) is 0 Å². The van der Waals surface area contributed by atoms with Crippen molar-refractivity contribution in [2.45, 2.75) is 57.0 Å². The molecule has 0 aromatic rings. The maximum atomic E-state index is 11.1. The number of nitrogens with two attached hydrogens (primary N) is 2. The first kappa shape index (κ1) is 15.7. The Bertz CT molecular complexity index is 326. The molecule has 0 aromatic carbocycles. The highest BCUT2D eigenvalue weighted by Gasteiger charge is 2.29. The van der Waals surface area contributed by atoms with Gasteiger partial charge in [-0.05, 0) is 71.6 Å². The average molecular weight is 282 g/mol. The van der Waals surface area contributed by atoms with Crippen molar-refractivity contribution in [3.8, 4) is 0 Å². The van der Waals surface area contributed by atoms with Crippen molar-refractivity contribution in [1.82, 2.24) is 9.80 Å². The Morgan fingerprint density at radius 3 is 2.60 bits per heavy atom. The summed E-state index contributed by atoms with van der Waals surface area (Å²) in [6.07, 6.45) is 6.83. The zero-order valence-corrected chi connectivity index (χ0v) is 12.8. The van der Waals surface area contributed by atoms with Gasteiger partial charge in [0, 0.05) is 12.6 Å². The summed E-state index contributed by atoms with van der Waals surface area (Å²) in [6.45, 7) is 7.88. The third-order valence-electron chi connectivity index (χ3n) is 4.89. The minimum atomic E-state index is -0.844. The zero-order valence-electron chi connectivity index (χ0n) is 12.8. The van der Waals surface area contributed by atoms with Crippen LogP contribution in [0, 0.1) is 0 Å². The number of amides is 1. The van der Waals surface area contributed by atoms with Crippen LogP contribution in [0.1, 0.15) is 45.4 Å². The molecule has 116 valence electrons. The lowest BCUT2D eigenvalue weighted by molar-refractivity contribution is -0.122. The number of carbonyl (C=O) groups is 1. The van der Waals surface area contributed by atoms with Crippen molar-refractivity contribution < 1.29 is 4.79 Å². The molecular formula is C15H30N4O. The summed E-state index contributed by atoms with van der Waals surface area (Å²) in [5.41, 5.74) is 10.3. The number of unbranched alkanes of at least 4 members (excludes halogenated alkanes) is 1. The van der Waals surface area contributed by atoms with Gasteiger partial charge in [-0.25, -0.2) is 0 Å². The van der Waals surface area contributed by atoms with Gasteiger partial charge in [0.1, 0.15) is 0 Å². The summed E-state index contributed by atoms with van der Waals surface area (Å²) in [6, 6.07) is 0.780. The highest BCUT2D eigenvalue weighted by atomic mass is 16.1. The maximum Gasteiger partial charge on any atom is 0.237 e. The van der Waals surface area contributed by atoms with E-state index in [0.29, 0.717) is 6.42 Å². The lowest BCUT2D eigenvalue weighted by Gasteiger charge is -2.24. The van der Waals surface area contributed by atoms with E-state index in [0.717, 1.165) is 25.4 Å². The molecule has 2 rings (SSSR count). The first-order valence-corrected chi connectivity index (χ1v) is 8.04. The van der Waals surface area contributed by atoms with E-state index in [4.69, 9.17) is 11.5 Å². The van der Waals surface area contributed by atoms with Crippen LogP contribution in [0.3, 0.4) is 0 Å². The zero-order chi connectivity index (χ0) is 14.6. The molecule has 0 saturated carbocycles. The highest BCUT2D eigenvalue weighted by molar-refractivity contribution is 5.83. The Morgan fingerprint density at radius 1 is 1.25 bits per heavy atom. The molecule has 0 aromatic heterocycles. The molecule has 2 aliphatic heterocycles. The van der Waals surface area contributed by atoms with E-state index in [1.165, 1.54) is 45.4 Å². The van der Waals surface area contributed by atoms with Crippen molar-refractivity contribution in [2.75, 3.05) is 32.7 Å². The van der Waals surface area contributed by atoms with Crippen LogP contribution in [-0.2, 0) is 4.79 Å². The first-order chi connectivity index (χ1) is 9.49.